The number of allylic oxidation sites excluding steroid dienone is 3. The summed E-state index contributed by atoms with van der Waals surface area (Å²) in [6.45, 7) is 12.3. The average Bonchev–Trinajstić information content (AvgIpc) is 3.60. The minimum atomic E-state index is -2.38. The summed E-state index contributed by atoms with van der Waals surface area (Å²) in [5.74, 6) is -5.58. The van der Waals surface area contributed by atoms with Crippen LogP contribution < -0.4 is 0 Å². The third kappa shape index (κ3) is 3.98. The van der Waals surface area contributed by atoms with Crippen LogP contribution in [-0.2, 0) is 33.3 Å². The normalized spacial score (nSPS) is 48.2. The second-order valence-electron chi connectivity index (χ2n) is 13.6. The van der Waals surface area contributed by atoms with Gasteiger partial charge in [-0.05, 0) is 37.8 Å². The van der Waals surface area contributed by atoms with Crippen molar-refractivity contribution in [3.05, 3.63) is 48.1 Å². The van der Waals surface area contributed by atoms with Crippen LogP contribution in [-0.4, -0.2) is 86.5 Å². The van der Waals surface area contributed by atoms with Gasteiger partial charge in [0.25, 0.3) is 0 Å². The number of rotatable bonds is 11. The summed E-state index contributed by atoms with van der Waals surface area (Å²) < 4.78 is 32.5. The van der Waals surface area contributed by atoms with Gasteiger partial charge in [-0.25, -0.2) is 0 Å². The second-order valence-corrected chi connectivity index (χ2v) is 13.6. The van der Waals surface area contributed by atoms with Crippen molar-refractivity contribution in [1.29, 1.82) is 0 Å². The monoisotopic (exact) mass is 614 g/mol. The van der Waals surface area contributed by atoms with Gasteiger partial charge in [0.15, 0.2) is 17.0 Å². The van der Waals surface area contributed by atoms with E-state index < -0.39 is 88.9 Å². The van der Waals surface area contributed by atoms with Crippen LogP contribution in [0.4, 0.5) is 0 Å². The van der Waals surface area contributed by atoms with E-state index in [4.69, 9.17) is 23.7 Å². The lowest BCUT2D eigenvalue weighted by Gasteiger charge is -2.61. The van der Waals surface area contributed by atoms with Crippen molar-refractivity contribution in [2.45, 2.75) is 126 Å². The van der Waals surface area contributed by atoms with Gasteiger partial charge in [-0.2, -0.15) is 0 Å². The first kappa shape index (κ1) is 31.8. The zero-order valence-corrected chi connectivity index (χ0v) is 26.3. The van der Waals surface area contributed by atoms with Gasteiger partial charge in [-0.3, -0.25) is 9.59 Å². The van der Waals surface area contributed by atoms with E-state index in [2.05, 4.69) is 19.6 Å². The molecule has 3 bridgehead atoms. The molecule has 3 N–H and O–H groups in total. The Bertz CT molecular complexity index is 1320. The lowest BCUT2D eigenvalue weighted by atomic mass is 9.53. The van der Waals surface area contributed by atoms with Crippen LogP contribution in [0.1, 0.15) is 73.1 Å². The second kappa shape index (κ2) is 10.7. The van der Waals surface area contributed by atoms with E-state index in [1.54, 1.807) is 32.1 Å². The molecule has 0 radical (unpaired) electrons. The van der Waals surface area contributed by atoms with E-state index in [0.29, 0.717) is 5.57 Å². The van der Waals surface area contributed by atoms with Crippen LogP contribution in [0.3, 0.4) is 0 Å². The van der Waals surface area contributed by atoms with Gasteiger partial charge in [0.2, 0.25) is 0 Å². The number of epoxide rings is 1. The molecule has 0 aromatic heterocycles. The first-order valence-corrected chi connectivity index (χ1v) is 16.0. The fourth-order valence-corrected chi connectivity index (χ4v) is 9.02. The Morgan fingerprint density at radius 3 is 2.50 bits per heavy atom. The van der Waals surface area contributed by atoms with Gasteiger partial charge < -0.3 is 39.0 Å². The van der Waals surface area contributed by atoms with Crippen molar-refractivity contribution in [2.75, 3.05) is 6.61 Å². The Hall–Kier alpha value is -2.18. The summed E-state index contributed by atoms with van der Waals surface area (Å²) in [6, 6.07) is 0. The van der Waals surface area contributed by atoms with Gasteiger partial charge >= 0.3 is 11.9 Å². The molecule has 10 heteroatoms. The molecule has 5 fully saturated rings. The van der Waals surface area contributed by atoms with Gasteiger partial charge in [-0.15, -0.1) is 0 Å². The zero-order valence-electron chi connectivity index (χ0n) is 26.3. The highest BCUT2D eigenvalue weighted by Gasteiger charge is 2.90. The average molecular weight is 615 g/mol. The predicted octanol–water partition coefficient (Wildman–Crippen LogP) is 3.19. The first-order chi connectivity index (χ1) is 20.8. The fourth-order valence-electron chi connectivity index (χ4n) is 9.02. The lowest BCUT2D eigenvalue weighted by Crippen LogP contribution is -2.76. The number of Topliss-reactive ketones (excluding diaryl/α,β-unsaturated/α-hetero) is 1. The van der Waals surface area contributed by atoms with E-state index in [-0.39, 0.29) is 5.57 Å². The van der Waals surface area contributed by atoms with E-state index in [1.807, 2.05) is 13.0 Å². The number of ketones is 1. The lowest BCUT2D eigenvalue weighted by molar-refractivity contribution is -0.407. The minimum Gasteiger partial charge on any atom is -0.459 e. The topological polar surface area (TPSA) is 144 Å². The fraction of sp³-hybridized carbons (Fsp3) is 0.706. The van der Waals surface area contributed by atoms with Gasteiger partial charge in [-0.1, -0.05) is 70.4 Å². The molecule has 0 amide bonds. The van der Waals surface area contributed by atoms with Gasteiger partial charge in [0.1, 0.15) is 30.0 Å². The Morgan fingerprint density at radius 2 is 1.84 bits per heavy atom. The summed E-state index contributed by atoms with van der Waals surface area (Å²) in [6.07, 6.45) is 11.4. The highest BCUT2D eigenvalue weighted by Crippen LogP contribution is 2.73. The van der Waals surface area contributed by atoms with Crippen LogP contribution in [0.15, 0.2) is 48.1 Å². The molecule has 242 valence electrons. The molecule has 1 unspecified atom stereocenters. The smallest absolute Gasteiger partial charge is 0.307 e. The number of fused-ring (bicyclic) bond motifs is 3. The van der Waals surface area contributed by atoms with Crippen molar-refractivity contribution >= 4 is 11.8 Å². The molecule has 3 heterocycles. The molecular formula is C34H46O10. The number of unbranched alkanes of at least 4 members (excludes halogenated alkanes) is 5. The Morgan fingerprint density at radius 1 is 1.11 bits per heavy atom. The molecule has 3 saturated heterocycles. The summed E-state index contributed by atoms with van der Waals surface area (Å²) in [5, 5.41) is 34.5. The zero-order chi connectivity index (χ0) is 31.9. The van der Waals surface area contributed by atoms with Crippen LogP contribution in [0.25, 0.3) is 0 Å². The SMILES string of the molecule is C=C(C)[C@@]12O[C@@]3(/C=C/C=C/CCCCCCC)O[C@@H]1C1[C@@H]4O[C@]4(CO)[C@@H](O)[C@]4(O)C(=O)C(C)=C[C@H]4[C@@]1(O3)[C@H](C)[C@H]2OC(C)=O. The number of esters is 1. The molecule has 0 aromatic rings. The van der Waals surface area contributed by atoms with Crippen molar-refractivity contribution in [3.63, 3.8) is 0 Å². The molecule has 0 spiro atoms. The molecule has 3 aliphatic carbocycles. The molecule has 2 saturated carbocycles. The van der Waals surface area contributed by atoms with Crippen LogP contribution in [0.2, 0.25) is 0 Å². The van der Waals surface area contributed by atoms with E-state index in [9.17, 15) is 24.9 Å². The van der Waals surface area contributed by atoms with Gasteiger partial charge in [0.05, 0.1) is 12.2 Å². The molecular weight excluding hydrogens is 568 g/mol. The largest absolute Gasteiger partial charge is 0.459 e. The molecule has 3 aliphatic heterocycles. The third-order valence-corrected chi connectivity index (χ3v) is 11.1. The number of carbonyl (C=O) groups excluding carboxylic acids is 2. The van der Waals surface area contributed by atoms with Crippen LogP contribution >= 0.6 is 0 Å². The van der Waals surface area contributed by atoms with Crippen molar-refractivity contribution in [1.82, 2.24) is 0 Å². The highest BCUT2D eigenvalue weighted by molar-refractivity contribution is 6.05. The number of hydrogen-bond donors (Lipinski definition) is 3. The maximum atomic E-state index is 13.7. The molecule has 6 rings (SSSR count). The van der Waals surface area contributed by atoms with E-state index in [0.717, 1.165) is 12.8 Å². The number of aliphatic hydroxyl groups is 3. The molecule has 0 aromatic carbocycles. The quantitative estimate of drug-likeness (QED) is 0.104. The number of hydrogen-bond acceptors (Lipinski definition) is 10. The maximum Gasteiger partial charge on any atom is 0.307 e. The third-order valence-electron chi connectivity index (χ3n) is 11.1. The summed E-state index contributed by atoms with van der Waals surface area (Å²) in [7, 11) is 0. The van der Waals surface area contributed by atoms with Crippen LogP contribution in [0, 0.1) is 17.8 Å². The van der Waals surface area contributed by atoms with Crippen molar-refractivity contribution in [3.8, 4) is 0 Å². The Kier molecular flexibility index (Phi) is 7.72. The first-order valence-electron chi connectivity index (χ1n) is 16.0. The molecule has 6 aliphatic rings. The molecule has 12 atom stereocenters. The predicted molar refractivity (Wildman–Crippen MR) is 158 cm³/mol. The molecule has 44 heavy (non-hydrogen) atoms. The molecule has 10 nitrogen and oxygen atoms in total. The van der Waals surface area contributed by atoms with E-state index >= 15 is 0 Å². The highest BCUT2D eigenvalue weighted by atomic mass is 16.9. The van der Waals surface area contributed by atoms with Crippen LogP contribution in [0.5, 0.6) is 0 Å². The maximum absolute atomic E-state index is 13.7. The standard InChI is InChI=1S/C34H46O10/c1-7-8-9-10-11-12-13-14-15-16-31-42-28-24-27-30(18-35,41-27)29(38)32(39)23(17-20(4)25(32)37)34(24,44-31)21(5)26(40-22(6)36)33(28,43-31)19(2)3/h13-17,21,23-24,26-29,35,38-39H,2,7-12,18H2,1,3-6H3/b14-13+,16-15+/t21-,23-,24?,26-,27+,28-,29-,30+,31-,32-,33+,34+/m1/s1. The Labute approximate surface area is 258 Å². The number of ether oxygens (including phenoxy) is 5. The van der Waals surface area contributed by atoms with Crippen molar-refractivity contribution in [2.24, 2.45) is 17.8 Å². The number of carbonyl (C=O) groups is 2. The number of aliphatic hydroxyl groups excluding tert-OH is 2. The summed E-state index contributed by atoms with van der Waals surface area (Å²) >= 11 is 0. The van der Waals surface area contributed by atoms with Crippen molar-refractivity contribution < 1.29 is 48.6 Å². The summed E-state index contributed by atoms with van der Waals surface area (Å²) in [5.41, 5.74) is -6.12. The van der Waals surface area contributed by atoms with E-state index in [1.165, 1.54) is 32.6 Å². The minimum absolute atomic E-state index is 0.250. The summed E-state index contributed by atoms with van der Waals surface area (Å²) in [4.78, 5) is 26.3. The Balaban J connectivity index is 1.47. The van der Waals surface area contributed by atoms with Gasteiger partial charge in [0, 0.05) is 30.8 Å².